The lowest BCUT2D eigenvalue weighted by molar-refractivity contribution is 0.542. The van der Waals surface area contributed by atoms with Crippen LogP contribution in [0, 0.1) is 0 Å². The van der Waals surface area contributed by atoms with Gasteiger partial charge in [-0.3, -0.25) is 4.99 Å². The van der Waals surface area contributed by atoms with E-state index in [2.05, 4.69) is 9.98 Å². The monoisotopic (exact) mass is 184 g/mol. The SMILES string of the molecule is CN=C(C)Oc1ccc(Cl)nc1. The Balaban J connectivity index is 2.71. The maximum atomic E-state index is 5.59. The average molecular weight is 185 g/mol. The van der Waals surface area contributed by atoms with Crippen molar-refractivity contribution in [2.75, 3.05) is 7.05 Å². The molecule has 0 amide bonds. The topological polar surface area (TPSA) is 34.5 Å². The quantitative estimate of drug-likeness (QED) is 0.381. The van der Waals surface area contributed by atoms with Crippen LogP contribution in [0.15, 0.2) is 23.3 Å². The third-order valence-corrected chi connectivity index (χ3v) is 1.50. The fourth-order valence-corrected chi connectivity index (χ4v) is 0.751. The molecule has 0 fully saturated rings. The highest BCUT2D eigenvalue weighted by Crippen LogP contribution is 2.12. The van der Waals surface area contributed by atoms with E-state index >= 15 is 0 Å². The van der Waals surface area contributed by atoms with Crippen molar-refractivity contribution < 1.29 is 4.74 Å². The van der Waals surface area contributed by atoms with Crippen LogP contribution in [0.25, 0.3) is 0 Å². The molecule has 1 rings (SSSR count). The summed E-state index contributed by atoms with van der Waals surface area (Å²) in [6.07, 6.45) is 1.55. The van der Waals surface area contributed by atoms with E-state index in [4.69, 9.17) is 16.3 Å². The molecule has 0 atom stereocenters. The molecule has 0 aromatic carbocycles. The van der Waals surface area contributed by atoms with E-state index in [0.29, 0.717) is 16.8 Å². The van der Waals surface area contributed by atoms with Gasteiger partial charge in [-0.2, -0.15) is 0 Å². The molecule has 0 N–H and O–H groups in total. The molecule has 1 heterocycles. The average Bonchev–Trinajstić information content (AvgIpc) is 2.09. The van der Waals surface area contributed by atoms with Crippen molar-refractivity contribution >= 4 is 17.5 Å². The van der Waals surface area contributed by atoms with Gasteiger partial charge < -0.3 is 4.74 Å². The van der Waals surface area contributed by atoms with Gasteiger partial charge in [0, 0.05) is 14.0 Å². The highest BCUT2D eigenvalue weighted by molar-refractivity contribution is 6.29. The van der Waals surface area contributed by atoms with Gasteiger partial charge >= 0.3 is 0 Å². The molecule has 0 aliphatic carbocycles. The normalized spacial score (nSPS) is 11.4. The second-order valence-corrected chi connectivity index (χ2v) is 2.55. The standard InChI is InChI=1S/C8H9ClN2O/c1-6(10-2)12-7-3-4-8(9)11-5-7/h3-5H,1-2H3. The van der Waals surface area contributed by atoms with E-state index in [-0.39, 0.29) is 0 Å². The van der Waals surface area contributed by atoms with Crippen LogP contribution in [0.3, 0.4) is 0 Å². The molecule has 3 nitrogen and oxygen atoms in total. The minimum atomic E-state index is 0.452. The molecule has 1 aromatic heterocycles. The van der Waals surface area contributed by atoms with Crippen LogP contribution in [0.5, 0.6) is 5.75 Å². The first-order valence-electron chi connectivity index (χ1n) is 3.45. The molecular formula is C8H9ClN2O. The summed E-state index contributed by atoms with van der Waals surface area (Å²) in [7, 11) is 1.67. The molecule has 64 valence electrons. The highest BCUT2D eigenvalue weighted by atomic mass is 35.5. The molecule has 1 aromatic rings. The summed E-state index contributed by atoms with van der Waals surface area (Å²) < 4.78 is 5.25. The van der Waals surface area contributed by atoms with Gasteiger partial charge in [0.25, 0.3) is 0 Å². The predicted octanol–water partition coefficient (Wildman–Crippen LogP) is 2.16. The van der Waals surface area contributed by atoms with Crippen molar-refractivity contribution in [1.29, 1.82) is 0 Å². The number of rotatable bonds is 1. The van der Waals surface area contributed by atoms with Gasteiger partial charge in [0.15, 0.2) is 5.90 Å². The third-order valence-electron chi connectivity index (χ3n) is 1.28. The first kappa shape index (κ1) is 9.00. The first-order valence-corrected chi connectivity index (χ1v) is 3.83. The molecule has 0 saturated heterocycles. The zero-order valence-electron chi connectivity index (χ0n) is 6.91. The fraction of sp³-hybridized carbons (Fsp3) is 0.250. The lowest BCUT2D eigenvalue weighted by Gasteiger charge is -2.02. The molecule has 0 aliphatic heterocycles. The van der Waals surface area contributed by atoms with Gasteiger partial charge in [0.2, 0.25) is 0 Å². The summed E-state index contributed by atoms with van der Waals surface area (Å²) in [5.74, 6) is 1.24. The minimum absolute atomic E-state index is 0.452. The van der Waals surface area contributed by atoms with Crippen LogP contribution >= 0.6 is 11.6 Å². The Morgan fingerprint density at radius 3 is 2.83 bits per heavy atom. The minimum Gasteiger partial charge on any atom is -0.442 e. The second-order valence-electron chi connectivity index (χ2n) is 2.16. The number of hydrogen-bond donors (Lipinski definition) is 0. The van der Waals surface area contributed by atoms with E-state index in [1.807, 2.05) is 0 Å². The Morgan fingerprint density at radius 2 is 2.33 bits per heavy atom. The van der Waals surface area contributed by atoms with Crippen molar-refractivity contribution in [2.24, 2.45) is 4.99 Å². The van der Waals surface area contributed by atoms with Crippen LogP contribution in [0.4, 0.5) is 0 Å². The van der Waals surface area contributed by atoms with Gasteiger partial charge in [0.05, 0.1) is 6.20 Å². The molecule has 12 heavy (non-hydrogen) atoms. The van der Waals surface area contributed by atoms with Crippen LogP contribution in [-0.2, 0) is 0 Å². The van der Waals surface area contributed by atoms with E-state index in [1.54, 1.807) is 32.3 Å². The van der Waals surface area contributed by atoms with Gasteiger partial charge in [-0.05, 0) is 12.1 Å². The van der Waals surface area contributed by atoms with Crippen LogP contribution in [0.2, 0.25) is 5.15 Å². The summed E-state index contributed by atoms with van der Waals surface area (Å²) in [6.45, 7) is 1.77. The van der Waals surface area contributed by atoms with Crippen LogP contribution in [-0.4, -0.2) is 17.9 Å². The summed E-state index contributed by atoms with van der Waals surface area (Å²) >= 11 is 5.59. The van der Waals surface area contributed by atoms with E-state index < -0.39 is 0 Å². The van der Waals surface area contributed by atoms with Gasteiger partial charge in [-0.25, -0.2) is 4.98 Å². The van der Waals surface area contributed by atoms with Crippen LogP contribution in [0.1, 0.15) is 6.92 Å². The van der Waals surface area contributed by atoms with Crippen molar-refractivity contribution in [3.63, 3.8) is 0 Å². The Hall–Kier alpha value is -1.09. The Kier molecular flexibility index (Phi) is 3.05. The van der Waals surface area contributed by atoms with Crippen molar-refractivity contribution in [3.8, 4) is 5.75 Å². The molecular weight excluding hydrogens is 176 g/mol. The van der Waals surface area contributed by atoms with Gasteiger partial charge in [0.1, 0.15) is 10.9 Å². The smallest absolute Gasteiger partial charge is 0.186 e. The molecule has 0 saturated carbocycles. The predicted molar refractivity (Wildman–Crippen MR) is 48.9 cm³/mol. The second kappa shape index (κ2) is 4.07. The number of pyridine rings is 1. The zero-order valence-corrected chi connectivity index (χ0v) is 7.67. The Labute approximate surface area is 76.1 Å². The highest BCUT2D eigenvalue weighted by Gasteiger charge is 1.95. The molecule has 4 heteroatoms. The van der Waals surface area contributed by atoms with Crippen molar-refractivity contribution in [1.82, 2.24) is 4.98 Å². The molecule has 0 spiro atoms. The number of aromatic nitrogens is 1. The zero-order chi connectivity index (χ0) is 8.97. The molecule has 0 unspecified atom stereocenters. The van der Waals surface area contributed by atoms with E-state index in [0.717, 1.165) is 0 Å². The largest absolute Gasteiger partial charge is 0.442 e. The first-order chi connectivity index (χ1) is 5.72. The Morgan fingerprint density at radius 1 is 1.58 bits per heavy atom. The number of halogens is 1. The lowest BCUT2D eigenvalue weighted by Crippen LogP contribution is -2.02. The van der Waals surface area contributed by atoms with Crippen molar-refractivity contribution in [2.45, 2.75) is 6.92 Å². The fourth-order valence-electron chi connectivity index (χ4n) is 0.639. The van der Waals surface area contributed by atoms with E-state index in [1.165, 1.54) is 0 Å². The summed E-state index contributed by atoms with van der Waals surface area (Å²) in [6, 6.07) is 3.41. The molecule has 0 aliphatic rings. The molecule has 0 radical (unpaired) electrons. The maximum absolute atomic E-state index is 5.59. The molecule has 0 bridgehead atoms. The third kappa shape index (κ3) is 2.51. The summed E-state index contributed by atoms with van der Waals surface area (Å²) in [5.41, 5.74) is 0. The number of nitrogens with zero attached hydrogens (tertiary/aromatic N) is 2. The van der Waals surface area contributed by atoms with Gasteiger partial charge in [-0.1, -0.05) is 11.6 Å². The number of ether oxygens (including phenoxy) is 1. The lowest BCUT2D eigenvalue weighted by atomic mass is 10.5. The van der Waals surface area contributed by atoms with Crippen LogP contribution < -0.4 is 4.74 Å². The Bertz CT molecular complexity index is 282. The van der Waals surface area contributed by atoms with E-state index in [9.17, 15) is 0 Å². The van der Waals surface area contributed by atoms with Gasteiger partial charge in [-0.15, -0.1) is 0 Å². The summed E-state index contributed by atoms with van der Waals surface area (Å²) in [5, 5.41) is 0.452. The number of aliphatic imine (C=N–C) groups is 1. The maximum Gasteiger partial charge on any atom is 0.186 e. The van der Waals surface area contributed by atoms with Crippen molar-refractivity contribution in [3.05, 3.63) is 23.5 Å². The summed E-state index contributed by atoms with van der Waals surface area (Å²) in [4.78, 5) is 7.69. The number of hydrogen-bond acceptors (Lipinski definition) is 3.